The Bertz CT molecular complexity index is 4050. The lowest BCUT2D eigenvalue weighted by Crippen LogP contribution is -2.31. The van der Waals surface area contributed by atoms with Crippen molar-refractivity contribution < 1.29 is 94.0 Å². The van der Waals surface area contributed by atoms with Crippen LogP contribution in [0.1, 0.15) is 95.7 Å². The Morgan fingerprint density at radius 2 is 0.796 bits per heavy atom. The predicted molar refractivity (Wildman–Crippen MR) is 388 cm³/mol. The topological polar surface area (TPSA) is 410 Å². The quantitative estimate of drug-likeness (QED) is 0.0271. The van der Waals surface area contributed by atoms with Crippen molar-refractivity contribution >= 4 is 172 Å². The molecule has 6 N–H and O–H groups in total. The second kappa shape index (κ2) is 34.6. The summed E-state index contributed by atoms with van der Waals surface area (Å²) < 4.78 is 145. The third-order valence-corrected chi connectivity index (χ3v) is 34.5. The van der Waals surface area contributed by atoms with Crippen molar-refractivity contribution in [2.24, 2.45) is 0 Å². The van der Waals surface area contributed by atoms with Crippen LogP contribution in [-0.4, -0.2) is 247 Å². The van der Waals surface area contributed by atoms with Crippen LogP contribution in [0.4, 0.5) is 30.6 Å². The van der Waals surface area contributed by atoms with Crippen LogP contribution in [0.3, 0.4) is 0 Å². The highest BCUT2D eigenvalue weighted by Gasteiger charge is 2.50. The lowest BCUT2D eigenvalue weighted by atomic mass is 10.1. The van der Waals surface area contributed by atoms with E-state index < -0.39 is 140 Å². The summed E-state index contributed by atoms with van der Waals surface area (Å²) in [5, 5.41) is 39.8. The second-order valence-electron chi connectivity index (χ2n) is 26.7. The van der Waals surface area contributed by atoms with Crippen LogP contribution >= 0.6 is 121 Å². The third-order valence-electron chi connectivity index (χ3n) is 18.0. The molecule has 578 valence electrons. The molecule has 48 heteroatoms. The molecule has 0 bridgehead atoms. The van der Waals surface area contributed by atoms with Crippen LogP contribution in [0.15, 0.2) is 19.0 Å². The van der Waals surface area contributed by atoms with Gasteiger partial charge in [-0.25, -0.2) is 28.1 Å². The Hall–Kier alpha value is -2.19. The van der Waals surface area contributed by atoms with Gasteiger partial charge in [-0.2, -0.15) is 29.9 Å². The highest BCUT2D eigenvalue weighted by Crippen LogP contribution is 2.72. The van der Waals surface area contributed by atoms with Gasteiger partial charge in [0.05, 0.1) is 51.8 Å². The highest BCUT2D eigenvalue weighted by molar-refractivity contribution is 8.21. The van der Waals surface area contributed by atoms with Crippen molar-refractivity contribution in [3.63, 3.8) is 0 Å². The summed E-state index contributed by atoms with van der Waals surface area (Å²) in [5.41, 5.74) is 2.19. The van der Waals surface area contributed by atoms with Crippen LogP contribution in [-0.2, 0) is 50.6 Å². The molecule has 3 saturated heterocycles. The van der Waals surface area contributed by atoms with Gasteiger partial charge in [-0.1, -0.05) is 38.5 Å². The standard InChI is InChI=1S/C20H31ClFN5O5P2.C18H27ClFN5O7P2.C16H21ClFN5O3.CH2Cl4O2P2/c1-26(12-7-5-6-8-12)17-15-18(25-20(21)24-17)27(10-23-15)19-14(22)16(28)13(32-19)9-31-34(4,30)11-33(2,3)29;1-24(10-5-3-4-6-10)15-13-16(23-18(19)22-15)25(8-21-13)17-12(20)14(26)11(32-17)7-31-34(29,30)9-33(2,27)28;1-22(8-4-2-3-5-8)13-11-14(21-16(17)20-13)23(7-19-11)15-10(18)12(25)9(6-24)26-15;2-8(3,6)1-9(4,5)7/h10,12-14,16,19,28H,5-9,11H2,1-4H3;8,10-12,14,17,26H,3-7,9H2,1-2H3,(H,27,28)(H,29,30);7-10,12,15,24-25H,2-6H2,1H3;1H2/t13-,14+,16-,19-,34?;11-,12+,14-,17-;9-,10+,12-,15-;/m111./s1. The number of rotatable bonds is 22. The molecule has 0 radical (unpaired) electrons. The predicted octanol–water partition coefficient (Wildman–Crippen LogP) is 12.2. The van der Waals surface area contributed by atoms with E-state index in [1.807, 2.05) is 35.8 Å². The van der Waals surface area contributed by atoms with Gasteiger partial charge in [0, 0.05) is 52.6 Å². The molecular weight excluding hydrogens is 1630 g/mol. The minimum absolute atomic E-state index is 0.00147. The zero-order valence-electron chi connectivity index (χ0n) is 56.5. The van der Waals surface area contributed by atoms with E-state index in [0.717, 1.165) is 70.9 Å². The van der Waals surface area contributed by atoms with Gasteiger partial charge in [-0.05, 0) is 132 Å². The Morgan fingerprint density at radius 3 is 1.07 bits per heavy atom. The second-order valence-corrected chi connectivity index (χ2v) is 50.0. The lowest BCUT2D eigenvalue weighted by molar-refractivity contribution is -0.0459. The number of aliphatic hydroxyl groups is 4. The maximum Gasteiger partial charge on any atom is 0.337 e. The van der Waals surface area contributed by atoms with Gasteiger partial charge >= 0.3 is 7.60 Å². The number of hydrogen-bond acceptors (Lipinski definition) is 27. The Labute approximate surface area is 624 Å². The van der Waals surface area contributed by atoms with Gasteiger partial charge in [0.1, 0.15) is 48.4 Å². The van der Waals surface area contributed by atoms with E-state index in [-0.39, 0.29) is 40.0 Å². The molecule has 9 heterocycles. The lowest BCUT2D eigenvalue weighted by Gasteiger charge is -2.25. The van der Waals surface area contributed by atoms with Gasteiger partial charge < -0.3 is 72.7 Å². The molecule has 6 aliphatic rings. The fourth-order valence-electron chi connectivity index (χ4n) is 13.2. The van der Waals surface area contributed by atoms with Crippen molar-refractivity contribution in [1.29, 1.82) is 0 Å². The summed E-state index contributed by atoms with van der Waals surface area (Å²) in [7, 11) is -8.32. The number of nitrogens with zero attached hydrogens (tertiary/aromatic N) is 15. The maximum absolute atomic E-state index is 15.1. The molecule has 6 aromatic rings. The van der Waals surface area contributed by atoms with E-state index in [0.29, 0.717) is 57.4 Å². The molecular formula is C55H81Cl7F3N15O17P6. The molecule has 3 saturated carbocycles. The molecule has 3 aliphatic carbocycles. The van der Waals surface area contributed by atoms with E-state index in [9.17, 15) is 62.0 Å². The summed E-state index contributed by atoms with van der Waals surface area (Å²) >= 11 is 38.5. The number of hydrogen-bond donors (Lipinski definition) is 6. The van der Waals surface area contributed by atoms with Gasteiger partial charge in [-0.15, -0.1) is 0 Å². The van der Waals surface area contributed by atoms with E-state index >= 15 is 8.78 Å². The van der Waals surface area contributed by atoms with E-state index in [1.165, 1.54) is 65.5 Å². The van der Waals surface area contributed by atoms with Crippen LogP contribution in [0.5, 0.6) is 0 Å². The largest absolute Gasteiger partial charge is 0.394 e. The average Bonchev–Trinajstić information content (AvgIpc) is 1.63. The number of imidazole rings is 3. The number of halogens is 10. The summed E-state index contributed by atoms with van der Waals surface area (Å²) in [6.45, 7) is 3.91. The molecule has 103 heavy (non-hydrogen) atoms. The Kier molecular flexibility index (Phi) is 28.5. The Balaban J connectivity index is 0.000000170. The highest BCUT2D eigenvalue weighted by atomic mass is 35.9. The van der Waals surface area contributed by atoms with Crippen molar-refractivity contribution in [3.05, 3.63) is 34.8 Å². The number of aliphatic hydroxyl groups excluding tert-OH is 4. The summed E-state index contributed by atoms with van der Waals surface area (Å²) in [6.07, 6.45) is -0.000368. The molecule has 0 aromatic carbocycles. The summed E-state index contributed by atoms with van der Waals surface area (Å²) in [6, 6.07) is 0.933. The molecule has 3 unspecified atom stereocenters. The van der Waals surface area contributed by atoms with Gasteiger partial charge in [0.25, 0.3) is 11.7 Å². The molecule has 0 spiro atoms. The van der Waals surface area contributed by atoms with Crippen molar-refractivity contribution in [3.8, 4) is 0 Å². The van der Waals surface area contributed by atoms with Gasteiger partial charge in [-0.3, -0.25) is 36.5 Å². The first kappa shape index (κ1) is 84.8. The molecule has 6 aromatic heterocycles. The molecule has 32 nitrogen and oxygen atoms in total. The normalized spacial score (nSPS) is 27.6. The molecule has 6 fully saturated rings. The van der Waals surface area contributed by atoms with Crippen LogP contribution < -0.4 is 14.7 Å². The summed E-state index contributed by atoms with van der Waals surface area (Å²) in [4.78, 5) is 63.9. The zero-order chi connectivity index (χ0) is 75.8. The molecule has 15 atom stereocenters. The van der Waals surface area contributed by atoms with Gasteiger partial charge in [0.2, 0.25) is 30.6 Å². The smallest absolute Gasteiger partial charge is 0.337 e. The zero-order valence-corrected chi connectivity index (χ0v) is 67.1. The molecule has 12 rings (SSSR count). The minimum Gasteiger partial charge on any atom is -0.394 e. The van der Waals surface area contributed by atoms with Crippen molar-refractivity contribution in [2.75, 3.05) is 100 Å². The van der Waals surface area contributed by atoms with Crippen LogP contribution in [0, 0.1) is 0 Å². The van der Waals surface area contributed by atoms with Crippen LogP contribution in [0.2, 0.25) is 15.9 Å². The fraction of sp³-hybridized carbons (Fsp3) is 0.727. The third kappa shape index (κ3) is 21.7. The first-order chi connectivity index (χ1) is 47.9. The van der Waals surface area contributed by atoms with Crippen molar-refractivity contribution in [1.82, 2.24) is 58.6 Å². The number of anilines is 3. The van der Waals surface area contributed by atoms with E-state index in [2.05, 4.69) is 44.9 Å². The fourth-order valence-corrected chi connectivity index (χ4v) is 31.7. The van der Waals surface area contributed by atoms with Crippen molar-refractivity contribution in [2.45, 2.75) is 169 Å². The number of alkyl halides is 3. The SMILES string of the molecule is CN(c1nc(Cl)nc2c1ncn2[C@@H]1O[C@H](CO)[C@@H](O)[C@@H]1F)C1CCCC1.CN(c1nc(Cl)nc2c1ncn2[C@@H]1O[C@H](COP(=O)(O)CP(C)(=O)O)[C@@H](O)[C@@H]1F)C1CCCC1.CN(c1nc(Cl)nc2c1ncn2[C@@H]1O[C@H](COP(C)(=O)CP(C)(C)=O)[C@@H](O)[C@@H]1F)C1CCCC1.O=P(Cl)(Cl)CP(=O)(Cl)Cl. The number of ether oxygens (including phenoxy) is 3. The molecule has 0 amide bonds. The minimum atomic E-state index is -4.46. The average molecular weight is 1720 g/mol. The van der Waals surface area contributed by atoms with E-state index in [1.54, 1.807) is 0 Å². The molecule has 3 aliphatic heterocycles. The van der Waals surface area contributed by atoms with Crippen LogP contribution in [0.25, 0.3) is 33.5 Å². The van der Waals surface area contributed by atoms with Gasteiger partial charge in [0.15, 0.2) is 88.1 Å². The number of aromatic nitrogens is 12. The Morgan fingerprint density at radius 1 is 0.495 bits per heavy atom. The monoisotopic (exact) mass is 1710 g/mol. The first-order valence-corrected chi connectivity index (χ1v) is 50.0. The maximum atomic E-state index is 15.1. The first-order valence-electron chi connectivity index (χ1n) is 32.3. The number of fused-ring (bicyclic) bond motifs is 3. The van der Waals surface area contributed by atoms with E-state index in [4.69, 9.17) is 103 Å². The summed E-state index contributed by atoms with van der Waals surface area (Å²) in [5.74, 6) is -6.66.